The highest BCUT2D eigenvalue weighted by atomic mass is 16.6. The number of epoxide rings is 1. The van der Waals surface area contributed by atoms with Crippen LogP contribution >= 0.6 is 0 Å². The summed E-state index contributed by atoms with van der Waals surface area (Å²) in [6, 6.07) is 0. The quantitative estimate of drug-likeness (QED) is 0.596. The van der Waals surface area contributed by atoms with E-state index in [2.05, 4.69) is 15.0 Å². The fraction of sp³-hybridized carbons (Fsp3) is 0.583. The van der Waals surface area contributed by atoms with Crippen molar-refractivity contribution in [2.45, 2.75) is 37.4 Å². The van der Waals surface area contributed by atoms with E-state index in [4.69, 9.17) is 10.5 Å². The third-order valence-electron chi connectivity index (χ3n) is 4.52. The molecule has 0 aromatic carbocycles. The maximum Gasteiger partial charge on any atom is 0.165 e. The molecule has 4 rings (SSSR count). The van der Waals surface area contributed by atoms with Crippen LogP contribution in [0.15, 0.2) is 12.7 Å². The van der Waals surface area contributed by atoms with Crippen molar-refractivity contribution in [1.82, 2.24) is 19.5 Å². The fourth-order valence-electron chi connectivity index (χ4n) is 3.24. The van der Waals surface area contributed by atoms with Crippen LogP contribution < -0.4 is 5.73 Å². The van der Waals surface area contributed by atoms with E-state index in [9.17, 15) is 10.2 Å². The Bertz CT molecular complexity index is 689. The number of rotatable bonds is 2. The molecule has 8 nitrogen and oxygen atoms in total. The Balaban J connectivity index is 1.70. The van der Waals surface area contributed by atoms with Gasteiger partial charge in [0.15, 0.2) is 11.5 Å². The highest BCUT2D eigenvalue weighted by molar-refractivity contribution is 5.81. The lowest BCUT2D eigenvalue weighted by Gasteiger charge is -2.23. The molecule has 0 unspecified atom stereocenters. The molecule has 3 heterocycles. The minimum absolute atomic E-state index is 0.212. The third-order valence-corrected chi connectivity index (χ3v) is 4.52. The normalized spacial score (nSPS) is 39.1. The molecular weight excluding hydrogens is 262 g/mol. The summed E-state index contributed by atoms with van der Waals surface area (Å²) in [5.74, 6) is 0.114. The van der Waals surface area contributed by atoms with Crippen molar-refractivity contribution >= 4 is 17.0 Å². The molecule has 0 spiro atoms. The van der Waals surface area contributed by atoms with E-state index in [1.807, 2.05) is 11.5 Å². The van der Waals surface area contributed by atoms with Gasteiger partial charge in [0.05, 0.1) is 12.4 Å². The van der Waals surface area contributed by atoms with Crippen LogP contribution in [0.1, 0.15) is 6.92 Å². The van der Waals surface area contributed by atoms with Crippen LogP contribution in [0.2, 0.25) is 0 Å². The number of ether oxygens (including phenoxy) is 1. The molecule has 5 atom stereocenters. The molecule has 20 heavy (non-hydrogen) atoms. The topological polar surface area (TPSA) is 123 Å². The summed E-state index contributed by atoms with van der Waals surface area (Å²) in [6.07, 6.45) is 1.08. The van der Waals surface area contributed by atoms with Crippen LogP contribution in [0.5, 0.6) is 0 Å². The second-order valence-electron chi connectivity index (χ2n) is 5.64. The van der Waals surface area contributed by atoms with Crippen molar-refractivity contribution in [1.29, 1.82) is 0 Å². The zero-order chi connectivity index (χ0) is 14.1. The number of aliphatic hydroxyl groups is 2. The lowest BCUT2D eigenvalue weighted by Crippen LogP contribution is -2.36. The van der Waals surface area contributed by atoms with E-state index in [0.29, 0.717) is 23.5 Å². The molecule has 0 bridgehead atoms. The fourth-order valence-corrected chi connectivity index (χ4v) is 3.24. The van der Waals surface area contributed by atoms with Crippen molar-refractivity contribution in [2.75, 3.05) is 5.73 Å². The molecule has 0 radical (unpaired) electrons. The lowest BCUT2D eigenvalue weighted by molar-refractivity contribution is -0.0440. The summed E-state index contributed by atoms with van der Waals surface area (Å²) in [5, 5.41) is 20.0. The average Bonchev–Trinajstić information content (AvgIpc) is 2.87. The van der Waals surface area contributed by atoms with Crippen molar-refractivity contribution in [3.63, 3.8) is 0 Å². The van der Waals surface area contributed by atoms with Crippen LogP contribution in [0, 0.1) is 5.92 Å². The van der Waals surface area contributed by atoms with Crippen LogP contribution in [-0.4, -0.2) is 53.6 Å². The van der Waals surface area contributed by atoms with Gasteiger partial charge in [-0.25, -0.2) is 15.0 Å². The first-order valence-corrected chi connectivity index (χ1v) is 6.47. The minimum atomic E-state index is -0.834. The van der Waals surface area contributed by atoms with Crippen LogP contribution in [0.25, 0.3) is 11.2 Å². The summed E-state index contributed by atoms with van der Waals surface area (Å²) in [6.45, 7) is 2.36. The molecule has 2 aromatic rings. The summed E-state index contributed by atoms with van der Waals surface area (Å²) >= 11 is 0. The number of nitrogens with two attached hydrogens (primary N) is 1. The van der Waals surface area contributed by atoms with Crippen LogP contribution in [0.4, 0.5) is 5.82 Å². The van der Waals surface area contributed by atoms with E-state index in [-0.39, 0.29) is 12.0 Å². The smallest absolute Gasteiger partial charge is 0.165 e. The molecule has 2 aliphatic rings. The first kappa shape index (κ1) is 12.0. The van der Waals surface area contributed by atoms with Gasteiger partial charge in [0, 0.05) is 12.5 Å². The number of aromatic nitrogens is 4. The van der Waals surface area contributed by atoms with Gasteiger partial charge in [0.2, 0.25) is 0 Å². The summed E-state index contributed by atoms with van der Waals surface area (Å²) in [4.78, 5) is 12.3. The minimum Gasteiger partial charge on any atom is -0.390 e. The molecule has 1 saturated carbocycles. The molecule has 2 aromatic heterocycles. The number of hydrogen-bond donors (Lipinski definition) is 3. The van der Waals surface area contributed by atoms with Gasteiger partial charge in [-0.05, 0) is 6.92 Å². The van der Waals surface area contributed by atoms with Crippen LogP contribution in [-0.2, 0) is 11.3 Å². The Hall–Kier alpha value is -1.77. The zero-order valence-electron chi connectivity index (χ0n) is 10.8. The number of hydrogen-bond acceptors (Lipinski definition) is 7. The Morgan fingerprint density at radius 3 is 2.85 bits per heavy atom. The lowest BCUT2D eigenvalue weighted by atomic mass is 9.95. The van der Waals surface area contributed by atoms with Crippen LogP contribution in [0.3, 0.4) is 0 Å². The van der Waals surface area contributed by atoms with Gasteiger partial charge in [-0.15, -0.1) is 0 Å². The third kappa shape index (κ3) is 1.38. The van der Waals surface area contributed by atoms with Crippen molar-refractivity contribution in [3.8, 4) is 0 Å². The maximum absolute atomic E-state index is 10.1. The monoisotopic (exact) mass is 277 g/mol. The van der Waals surface area contributed by atoms with Crippen molar-refractivity contribution in [3.05, 3.63) is 12.7 Å². The molecule has 2 fully saturated rings. The van der Waals surface area contributed by atoms with Gasteiger partial charge in [0.1, 0.15) is 29.7 Å². The first-order valence-electron chi connectivity index (χ1n) is 6.47. The Morgan fingerprint density at radius 1 is 1.35 bits per heavy atom. The van der Waals surface area contributed by atoms with E-state index in [1.165, 1.54) is 6.33 Å². The van der Waals surface area contributed by atoms with E-state index >= 15 is 0 Å². The summed E-state index contributed by atoms with van der Waals surface area (Å²) in [7, 11) is 0. The summed E-state index contributed by atoms with van der Waals surface area (Å²) in [5.41, 5.74) is 6.43. The highest BCUT2D eigenvalue weighted by Crippen LogP contribution is 2.54. The molecule has 1 aliphatic carbocycles. The number of anilines is 1. The van der Waals surface area contributed by atoms with Gasteiger partial charge < -0.3 is 25.3 Å². The Labute approximate surface area is 114 Å². The maximum atomic E-state index is 10.1. The largest absolute Gasteiger partial charge is 0.390 e. The van der Waals surface area contributed by atoms with Crippen molar-refractivity contribution < 1.29 is 14.9 Å². The molecule has 106 valence electrons. The second-order valence-corrected chi connectivity index (χ2v) is 5.64. The van der Waals surface area contributed by atoms with Gasteiger partial charge in [-0.1, -0.05) is 0 Å². The molecule has 8 heteroatoms. The van der Waals surface area contributed by atoms with Gasteiger partial charge >= 0.3 is 0 Å². The highest BCUT2D eigenvalue weighted by Gasteiger charge is 2.70. The SMILES string of the molecule is C[C@]12O[C@H]1[C@@H](O)[C@@H](O)[C@@H]2Cn1cnc2c(N)ncnc21. The van der Waals surface area contributed by atoms with E-state index in [0.717, 1.165) is 0 Å². The summed E-state index contributed by atoms with van der Waals surface area (Å²) < 4.78 is 7.33. The van der Waals surface area contributed by atoms with Gasteiger partial charge in [-0.2, -0.15) is 0 Å². The number of aliphatic hydroxyl groups excluding tert-OH is 2. The van der Waals surface area contributed by atoms with Gasteiger partial charge in [-0.3, -0.25) is 0 Å². The standard InChI is InChI=1S/C12H15N5O3/c1-12-5(7(18)8(19)9(12)20-12)2-17-4-16-6-10(13)14-3-15-11(6)17/h3-5,7-9,18-19H,2H2,1H3,(H2,13,14,15)/t5-,7-,8-,9-,12+/m0/s1. The molecular formula is C12H15N5O3. The Kier molecular flexibility index (Phi) is 2.20. The molecule has 0 amide bonds. The number of nitrogens with zero attached hydrogens (tertiary/aromatic N) is 4. The number of imidazole rings is 1. The second kappa shape index (κ2) is 3.66. The zero-order valence-corrected chi connectivity index (χ0v) is 10.8. The van der Waals surface area contributed by atoms with Gasteiger partial charge in [0.25, 0.3) is 0 Å². The predicted octanol–water partition coefficient (Wildman–Crippen LogP) is -1.08. The average molecular weight is 277 g/mol. The Morgan fingerprint density at radius 2 is 2.15 bits per heavy atom. The van der Waals surface area contributed by atoms with Crippen molar-refractivity contribution in [2.24, 2.45) is 5.92 Å². The molecule has 4 N–H and O–H groups in total. The van der Waals surface area contributed by atoms with E-state index in [1.54, 1.807) is 6.33 Å². The first-order chi connectivity index (χ1) is 9.52. The molecule has 1 aliphatic heterocycles. The number of fused-ring (bicyclic) bond motifs is 2. The molecule has 1 saturated heterocycles. The number of nitrogen functional groups attached to an aromatic ring is 1. The predicted molar refractivity (Wildman–Crippen MR) is 68.5 cm³/mol. The van der Waals surface area contributed by atoms with E-state index < -0.39 is 17.8 Å².